The van der Waals surface area contributed by atoms with E-state index < -0.39 is 9.84 Å². The van der Waals surface area contributed by atoms with Crippen molar-refractivity contribution in [2.75, 3.05) is 36.8 Å². The Hall–Kier alpha value is -2.52. The molecule has 0 atom stereocenters. The van der Waals surface area contributed by atoms with Crippen molar-refractivity contribution in [2.45, 2.75) is 18.2 Å². The summed E-state index contributed by atoms with van der Waals surface area (Å²) in [6.45, 7) is 4.03. The minimum Gasteiger partial charge on any atom is -0.345 e. The number of nitrogens with zero attached hydrogens (tertiary/aromatic N) is 3. The van der Waals surface area contributed by atoms with Crippen molar-refractivity contribution in [1.29, 1.82) is 0 Å². The molecule has 2 aromatic carbocycles. The number of hydrogen-bond acceptors (Lipinski definition) is 6. The van der Waals surface area contributed by atoms with Crippen molar-refractivity contribution in [1.82, 2.24) is 9.88 Å². The molecule has 1 fully saturated rings. The van der Waals surface area contributed by atoms with E-state index in [1.54, 1.807) is 35.2 Å². The minimum absolute atomic E-state index is 0.0391. The molecular formula is C21H22FN3O3S2. The number of halogens is 1. The van der Waals surface area contributed by atoms with Gasteiger partial charge in [0.1, 0.15) is 11.3 Å². The summed E-state index contributed by atoms with van der Waals surface area (Å²) in [5.74, 6) is -0.703. The lowest BCUT2D eigenvalue weighted by atomic mass is 10.2. The van der Waals surface area contributed by atoms with E-state index in [2.05, 4.69) is 4.98 Å². The van der Waals surface area contributed by atoms with E-state index in [9.17, 15) is 17.6 Å². The average Bonchev–Trinajstić information content (AvgIpc) is 3.18. The second-order valence-corrected chi connectivity index (χ2v) is 10.5. The quantitative estimate of drug-likeness (QED) is 0.601. The Bertz CT molecular complexity index is 1170. The zero-order chi connectivity index (χ0) is 21.3. The van der Waals surface area contributed by atoms with Gasteiger partial charge in [-0.25, -0.2) is 17.8 Å². The highest BCUT2D eigenvalue weighted by Gasteiger charge is 2.25. The number of aryl methyl sites for hydroxylation is 1. The second-order valence-electron chi connectivity index (χ2n) is 7.33. The Balaban J connectivity index is 1.33. The SMILES string of the molecule is Cc1ccc(S(=O)(=O)CCC(=O)N2CCN(c3nc4c(F)cccc4s3)CC2)cc1. The van der Waals surface area contributed by atoms with Crippen molar-refractivity contribution in [3.8, 4) is 0 Å². The van der Waals surface area contributed by atoms with Crippen LogP contribution in [0.5, 0.6) is 0 Å². The minimum atomic E-state index is -3.49. The van der Waals surface area contributed by atoms with Gasteiger partial charge >= 0.3 is 0 Å². The molecule has 1 aliphatic heterocycles. The maximum atomic E-state index is 13.9. The summed E-state index contributed by atoms with van der Waals surface area (Å²) in [5, 5.41) is 0.740. The molecule has 1 saturated heterocycles. The predicted molar refractivity (Wildman–Crippen MR) is 116 cm³/mol. The third-order valence-electron chi connectivity index (χ3n) is 5.23. The number of piperazine rings is 1. The molecule has 3 aromatic rings. The number of rotatable bonds is 5. The first-order chi connectivity index (χ1) is 14.3. The molecule has 9 heteroatoms. The normalized spacial score (nSPS) is 15.0. The van der Waals surface area contributed by atoms with Crippen LogP contribution in [0.4, 0.5) is 9.52 Å². The van der Waals surface area contributed by atoms with Gasteiger partial charge in [-0.05, 0) is 31.2 Å². The van der Waals surface area contributed by atoms with E-state index in [-0.39, 0.29) is 28.8 Å². The highest BCUT2D eigenvalue weighted by Crippen LogP contribution is 2.30. The summed E-state index contributed by atoms with van der Waals surface area (Å²) in [7, 11) is -3.49. The molecule has 0 bridgehead atoms. The zero-order valence-electron chi connectivity index (χ0n) is 16.5. The van der Waals surface area contributed by atoms with Gasteiger partial charge in [-0.15, -0.1) is 0 Å². The zero-order valence-corrected chi connectivity index (χ0v) is 18.2. The fraction of sp³-hybridized carbons (Fsp3) is 0.333. The molecule has 0 N–H and O–H groups in total. The predicted octanol–water partition coefficient (Wildman–Crippen LogP) is 3.26. The molecule has 0 radical (unpaired) electrons. The molecule has 158 valence electrons. The number of hydrogen-bond donors (Lipinski definition) is 0. The van der Waals surface area contributed by atoms with Gasteiger partial charge < -0.3 is 9.80 Å². The maximum Gasteiger partial charge on any atom is 0.223 e. The van der Waals surface area contributed by atoms with Crippen molar-refractivity contribution < 1.29 is 17.6 Å². The summed E-state index contributed by atoms with van der Waals surface area (Å²) in [6.07, 6.45) is -0.0391. The van der Waals surface area contributed by atoms with Crippen LogP contribution in [0.3, 0.4) is 0 Å². The van der Waals surface area contributed by atoms with E-state index in [4.69, 9.17) is 0 Å². The molecular weight excluding hydrogens is 425 g/mol. The van der Waals surface area contributed by atoms with Crippen molar-refractivity contribution in [3.63, 3.8) is 0 Å². The summed E-state index contributed by atoms with van der Waals surface area (Å²) < 4.78 is 39.6. The molecule has 0 spiro atoms. The molecule has 0 saturated carbocycles. The molecule has 2 heterocycles. The first-order valence-corrected chi connectivity index (χ1v) is 12.2. The fourth-order valence-corrected chi connectivity index (χ4v) is 5.69. The van der Waals surface area contributed by atoms with Gasteiger partial charge in [0.15, 0.2) is 15.0 Å². The standard InChI is InChI=1S/C21H22FN3O3S2/c1-15-5-7-16(8-6-15)30(27,28)14-9-19(26)24-10-12-25(13-11-24)21-23-20-17(22)3-2-4-18(20)29-21/h2-8H,9-14H2,1H3. The van der Waals surface area contributed by atoms with Crippen LogP contribution >= 0.6 is 11.3 Å². The molecule has 1 amide bonds. The monoisotopic (exact) mass is 447 g/mol. The number of amides is 1. The number of para-hydroxylation sites is 1. The number of fused-ring (bicyclic) bond motifs is 1. The van der Waals surface area contributed by atoms with E-state index >= 15 is 0 Å². The van der Waals surface area contributed by atoms with Crippen LogP contribution in [0.2, 0.25) is 0 Å². The third-order valence-corrected chi connectivity index (χ3v) is 8.04. The number of carbonyl (C=O) groups excluding carboxylic acids is 1. The lowest BCUT2D eigenvalue weighted by molar-refractivity contribution is -0.131. The van der Waals surface area contributed by atoms with Gasteiger partial charge in [-0.2, -0.15) is 0 Å². The first-order valence-electron chi connectivity index (χ1n) is 9.71. The molecule has 1 aromatic heterocycles. The van der Waals surface area contributed by atoms with E-state index in [0.717, 1.165) is 15.4 Å². The largest absolute Gasteiger partial charge is 0.345 e. The van der Waals surface area contributed by atoms with Gasteiger partial charge in [0, 0.05) is 32.6 Å². The first kappa shape index (κ1) is 20.7. The van der Waals surface area contributed by atoms with Crippen LogP contribution in [-0.2, 0) is 14.6 Å². The van der Waals surface area contributed by atoms with Crippen molar-refractivity contribution in [2.24, 2.45) is 0 Å². The van der Waals surface area contributed by atoms with Crippen LogP contribution in [0.1, 0.15) is 12.0 Å². The van der Waals surface area contributed by atoms with E-state index in [1.807, 2.05) is 17.9 Å². The number of thiazole rings is 1. The summed E-state index contributed by atoms with van der Waals surface area (Å²) in [4.78, 5) is 20.9. The van der Waals surface area contributed by atoms with E-state index in [1.165, 1.54) is 17.4 Å². The summed E-state index contributed by atoms with van der Waals surface area (Å²) in [5.41, 5.74) is 1.36. The van der Waals surface area contributed by atoms with Crippen LogP contribution in [0, 0.1) is 12.7 Å². The lowest BCUT2D eigenvalue weighted by Crippen LogP contribution is -2.49. The molecule has 0 aliphatic carbocycles. The Kier molecular flexibility index (Phi) is 5.75. The number of aromatic nitrogens is 1. The lowest BCUT2D eigenvalue weighted by Gasteiger charge is -2.34. The van der Waals surface area contributed by atoms with Crippen molar-refractivity contribution in [3.05, 3.63) is 53.8 Å². The Morgan fingerprint density at radius 2 is 1.80 bits per heavy atom. The molecule has 30 heavy (non-hydrogen) atoms. The van der Waals surface area contributed by atoms with Crippen LogP contribution in [-0.4, -0.2) is 56.1 Å². The van der Waals surface area contributed by atoms with Crippen LogP contribution in [0.15, 0.2) is 47.4 Å². The number of benzene rings is 2. The van der Waals surface area contributed by atoms with Crippen LogP contribution in [0.25, 0.3) is 10.2 Å². The Morgan fingerprint density at radius 1 is 1.10 bits per heavy atom. The van der Waals surface area contributed by atoms with Gasteiger partial charge in [0.25, 0.3) is 0 Å². The van der Waals surface area contributed by atoms with Crippen LogP contribution < -0.4 is 4.90 Å². The number of carbonyl (C=O) groups is 1. The Morgan fingerprint density at radius 3 is 2.47 bits per heavy atom. The highest BCUT2D eigenvalue weighted by atomic mass is 32.2. The Labute approximate surface area is 178 Å². The third kappa shape index (κ3) is 4.32. The molecule has 0 unspecified atom stereocenters. The smallest absolute Gasteiger partial charge is 0.223 e. The summed E-state index contributed by atoms with van der Waals surface area (Å²) >= 11 is 1.43. The van der Waals surface area contributed by atoms with Crippen molar-refractivity contribution >= 4 is 42.4 Å². The van der Waals surface area contributed by atoms with E-state index in [0.29, 0.717) is 31.7 Å². The molecule has 4 rings (SSSR count). The molecule has 6 nitrogen and oxygen atoms in total. The average molecular weight is 448 g/mol. The van der Waals surface area contributed by atoms with Gasteiger partial charge in [0.05, 0.1) is 15.3 Å². The summed E-state index contributed by atoms with van der Waals surface area (Å²) in [6, 6.07) is 11.6. The fourth-order valence-electron chi connectivity index (χ4n) is 3.43. The van der Waals surface area contributed by atoms with Gasteiger partial charge in [0.2, 0.25) is 5.91 Å². The maximum absolute atomic E-state index is 13.9. The molecule has 1 aliphatic rings. The van der Waals surface area contributed by atoms with Gasteiger partial charge in [-0.1, -0.05) is 35.1 Å². The highest BCUT2D eigenvalue weighted by molar-refractivity contribution is 7.91. The second kappa shape index (κ2) is 8.31. The topological polar surface area (TPSA) is 70.6 Å². The number of anilines is 1. The van der Waals surface area contributed by atoms with Gasteiger partial charge in [-0.3, -0.25) is 4.79 Å². The number of sulfone groups is 1.